The van der Waals surface area contributed by atoms with Gasteiger partial charge in [0.25, 0.3) is 0 Å². The molecule has 8 nitrogen and oxygen atoms in total. The van der Waals surface area contributed by atoms with Gasteiger partial charge in [0, 0.05) is 45.0 Å². The Morgan fingerprint density at radius 3 is 2.90 bits per heavy atom. The van der Waals surface area contributed by atoms with E-state index in [0.29, 0.717) is 31.8 Å². The molecule has 2 saturated heterocycles. The van der Waals surface area contributed by atoms with Crippen LogP contribution < -0.4 is 9.64 Å². The van der Waals surface area contributed by atoms with E-state index in [1.165, 1.54) is 12.8 Å². The number of aryl methyl sites for hydroxylation is 1. The highest BCUT2D eigenvalue weighted by Crippen LogP contribution is 2.23. The lowest BCUT2D eigenvalue weighted by Crippen LogP contribution is -2.31. The van der Waals surface area contributed by atoms with Crippen LogP contribution in [0.2, 0.25) is 0 Å². The molecule has 30 heavy (non-hydrogen) atoms. The van der Waals surface area contributed by atoms with Crippen LogP contribution >= 0.6 is 0 Å². The third kappa shape index (κ3) is 4.08. The number of anilines is 1. The van der Waals surface area contributed by atoms with Gasteiger partial charge in [-0.1, -0.05) is 12.1 Å². The molecule has 4 heterocycles. The summed E-state index contributed by atoms with van der Waals surface area (Å²) in [7, 11) is 0. The molecule has 156 valence electrons. The molecule has 0 radical (unpaired) electrons. The first-order chi connectivity index (χ1) is 14.7. The first kappa shape index (κ1) is 18.8. The average Bonchev–Trinajstić information content (AvgIpc) is 3.52. The number of nitrogens with zero attached hydrogens (tertiary/aromatic N) is 5. The third-order valence-electron chi connectivity index (χ3n) is 5.86. The average molecular weight is 406 g/mol. The number of hydrogen-bond acceptors (Lipinski definition) is 6. The number of nitrogens with one attached hydrogen (secondary N) is 1. The molecule has 1 aromatic carbocycles. The molecular formula is C22H26N6O2. The van der Waals surface area contributed by atoms with Gasteiger partial charge in [0.05, 0.1) is 17.6 Å². The van der Waals surface area contributed by atoms with Gasteiger partial charge >= 0.3 is 0 Å². The number of fused-ring (bicyclic) bond motifs is 1. The molecule has 1 N–H and O–H groups in total. The lowest BCUT2D eigenvalue weighted by atomic mass is 10.2. The number of likely N-dealkylation sites (tertiary alicyclic amines) is 1. The predicted molar refractivity (Wildman–Crippen MR) is 114 cm³/mol. The Hall–Kier alpha value is -3.16. The van der Waals surface area contributed by atoms with E-state index >= 15 is 0 Å². The molecule has 0 bridgehead atoms. The standard InChI is InChI=1S/C22H26N6O2/c29-22(8-7-19-25-17-5-1-2-6-18(17)26-19)28-12-9-16(14-28)30-21-13-20(23-15-24-21)27-10-3-4-11-27/h1-2,5-6,13,15-16H,3-4,7-12,14H2,(H,25,26). The molecule has 2 aliphatic rings. The fraction of sp³-hybridized carbons (Fsp3) is 0.455. The zero-order valence-corrected chi connectivity index (χ0v) is 17.0. The number of imidazole rings is 1. The lowest BCUT2D eigenvalue weighted by Gasteiger charge is -2.18. The van der Waals surface area contributed by atoms with Crippen LogP contribution in [-0.4, -0.2) is 63.0 Å². The highest BCUT2D eigenvalue weighted by Gasteiger charge is 2.28. The molecular weight excluding hydrogens is 380 g/mol. The van der Waals surface area contributed by atoms with Crippen molar-refractivity contribution in [2.75, 3.05) is 31.1 Å². The predicted octanol–water partition coefficient (Wildman–Crippen LogP) is 2.57. The number of aromatic amines is 1. The van der Waals surface area contributed by atoms with E-state index < -0.39 is 0 Å². The van der Waals surface area contributed by atoms with Crippen molar-refractivity contribution in [3.63, 3.8) is 0 Å². The van der Waals surface area contributed by atoms with Gasteiger partial charge in [-0.2, -0.15) is 0 Å². The summed E-state index contributed by atoms with van der Waals surface area (Å²) in [5.41, 5.74) is 1.94. The Kier molecular flexibility index (Phi) is 5.21. The van der Waals surface area contributed by atoms with Gasteiger partial charge in [-0.3, -0.25) is 4.79 Å². The SMILES string of the molecule is O=C(CCc1nc2ccccc2[nH]1)N1CCC(Oc2cc(N3CCCC3)ncn2)C1. The maximum Gasteiger partial charge on any atom is 0.223 e. The number of ether oxygens (including phenoxy) is 1. The van der Waals surface area contributed by atoms with Crippen molar-refractivity contribution in [2.45, 2.75) is 38.2 Å². The molecule has 8 heteroatoms. The number of benzene rings is 1. The number of H-pyrrole nitrogens is 1. The third-order valence-corrected chi connectivity index (χ3v) is 5.86. The maximum atomic E-state index is 12.7. The summed E-state index contributed by atoms with van der Waals surface area (Å²) in [6.07, 6.45) is 5.82. The number of carbonyl (C=O) groups excluding carboxylic acids is 1. The van der Waals surface area contributed by atoms with Crippen molar-refractivity contribution in [1.82, 2.24) is 24.8 Å². The van der Waals surface area contributed by atoms with Crippen LogP contribution in [0, 0.1) is 0 Å². The van der Waals surface area contributed by atoms with Crippen molar-refractivity contribution in [1.29, 1.82) is 0 Å². The van der Waals surface area contributed by atoms with E-state index in [1.54, 1.807) is 6.33 Å². The van der Waals surface area contributed by atoms with Crippen molar-refractivity contribution >= 4 is 22.8 Å². The second-order valence-corrected chi connectivity index (χ2v) is 7.98. The molecule has 0 saturated carbocycles. The minimum absolute atomic E-state index is 0.0264. The fourth-order valence-corrected chi connectivity index (χ4v) is 4.24. The van der Waals surface area contributed by atoms with Crippen LogP contribution in [0.15, 0.2) is 36.7 Å². The lowest BCUT2D eigenvalue weighted by molar-refractivity contribution is -0.130. The van der Waals surface area contributed by atoms with Gasteiger partial charge < -0.3 is 19.5 Å². The molecule has 1 amide bonds. The normalized spacial score (nSPS) is 19.0. The van der Waals surface area contributed by atoms with E-state index in [4.69, 9.17) is 4.74 Å². The summed E-state index contributed by atoms with van der Waals surface area (Å²) in [5, 5.41) is 0. The number of para-hydroxylation sites is 2. The smallest absolute Gasteiger partial charge is 0.223 e. The van der Waals surface area contributed by atoms with Crippen LogP contribution in [0.3, 0.4) is 0 Å². The second-order valence-electron chi connectivity index (χ2n) is 7.98. The van der Waals surface area contributed by atoms with Gasteiger partial charge in [-0.05, 0) is 25.0 Å². The summed E-state index contributed by atoms with van der Waals surface area (Å²) >= 11 is 0. The van der Waals surface area contributed by atoms with Gasteiger partial charge in [-0.15, -0.1) is 0 Å². The quantitative estimate of drug-likeness (QED) is 0.677. The van der Waals surface area contributed by atoms with Crippen LogP contribution in [0.4, 0.5) is 5.82 Å². The molecule has 2 fully saturated rings. The zero-order valence-electron chi connectivity index (χ0n) is 17.0. The second kappa shape index (κ2) is 8.30. The molecule has 5 rings (SSSR count). The Morgan fingerprint density at radius 1 is 1.17 bits per heavy atom. The fourth-order valence-electron chi connectivity index (χ4n) is 4.24. The van der Waals surface area contributed by atoms with Crippen LogP contribution in [0.5, 0.6) is 5.88 Å². The first-order valence-corrected chi connectivity index (χ1v) is 10.7. The molecule has 2 aliphatic heterocycles. The van der Waals surface area contributed by atoms with E-state index in [2.05, 4.69) is 24.8 Å². The van der Waals surface area contributed by atoms with Crippen molar-refractivity contribution in [2.24, 2.45) is 0 Å². The van der Waals surface area contributed by atoms with Gasteiger partial charge in [-0.25, -0.2) is 15.0 Å². The van der Waals surface area contributed by atoms with E-state index in [1.807, 2.05) is 35.2 Å². The van der Waals surface area contributed by atoms with Crippen molar-refractivity contribution in [3.8, 4) is 5.88 Å². The molecule has 2 aromatic heterocycles. The van der Waals surface area contributed by atoms with Gasteiger partial charge in [0.1, 0.15) is 24.1 Å². The Balaban J connectivity index is 1.14. The van der Waals surface area contributed by atoms with E-state index in [-0.39, 0.29) is 12.0 Å². The summed E-state index contributed by atoms with van der Waals surface area (Å²) in [4.78, 5) is 33.3. The Morgan fingerprint density at radius 2 is 2.03 bits per heavy atom. The summed E-state index contributed by atoms with van der Waals surface area (Å²) in [6, 6.07) is 9.83. The summed E-state index contributed by atoms with van der Waals surface area (Å²) < 4.78 is 6.07. The van der Waals surface area contributed by atoms with Crippen LogP contribution in [0.1, 0.15) is 31.5 Å². The molecule has 3 aromatic rings. The minimum atomic E-state index is -0.0264. The highest BCUT2D eigenvalue weighted by molar-refractivity contribution is 5.77. The largest absolute Gasteiger partial charge is 0.472 e. The van der Waals surface area contributed by atoms with E-state index in [0.717, 1.165) is 42.2 Å². The number of hydrogen-bond donors (Lipinski definition) is 1. The van der Waals surface area contributed by atoms with Crippen LogP contribution in [-0.2, 0) is 11.2 Å². The molecule has 0 aliphatic carbocycles. The highest BCUT2D eigenvalue weighted by atomic mass is 16.5. The van der Waals surface area contributed by atoms with Gasteiger partial charge in [0.2, 0.25) is 11.8 Å². The Labute approximate surface area is 175 Å². The monoisotopic (exact) mass is 406 g/mol. The number of carbonyl (C=O) groups is 1. The van der Waals surface area contributed by atoms with Crippen molar-refractivity contribution < 1.29 is 9.53 Å². The zero-order chi connectivity index (χ0) is 20.3. The molecule has 1 atom stereocenters. The van der Waals surface area contributed by atoms with E-state index in [9.17, 15) is 4.79 Å². The molecule has 1 unspecified atom stereocenters. The summed E-state index contributed by atoms with van der Waals surface area (Å²) in [5.74, 6) is 2.51. The van der Waals surface area contributed by atoms with Crippen LogP contribution in [0.25, 0.3) is 11.0 Å². The topological polar surface area (TPSA) is 87.2 Å². The minimum Gasteiger partial charge on any atom is -0.472 e. The Bertz CT molecular complexity index is 996. The molecule has 0 spiro atoms. The number of rotatable bonds is 6. The van der Waals surface area contributed by atoms with Gasteiger partial charge in [0.15, 0.2) is 0 Å². The van der Waals surface area contributed by atoms with Crippen molar-refractivity contribution in [3.05, 3.63) is 42.5 Å². The summed E-state index contributed by atoms with van der Waals surface area (Å²) in [6.45, 7) is 3.39. The maximum absolute atomic E-state index is 12.7. The first-order valence-electron chi connectivity index (χ1n) is 10.7. The number of aromatic nitrogens is 4. The number of amides is 1.